The van der Waals surface area contributed by atoms with E-state index in [0.717, 1.165) is 37.5 Å². The quantitative estimate of drug-likeness (QED) is 0.265. The summed E-state index contributed by atoms with van der Waals surface area (Å²) in [5.74, 6) is 1.85. The van der Waals surface area contributed by atoms with E-state index in [0.29, 0.717) is 26.1 Å². The zero-order chi connectivity index (χ0) is 21.1. The maximum absolute atomic E-state index is 12.2. The fourth-order valence-corrected chi connectivity index (χ4v) is 4.85. The second kappa shape index (κ2) is 14.1. The summed E-state index contributed by atoms with van der Waals surface area (Å²) in [4.78, 5) is 4.71. The minimum absolute atomic E-state index is 0. The molecule has 1 aromatic rings. The highest BCUT2D eigenvalue weighted by molar-refractivity contribution is 14.0. The van der Waals surface area contributed by atoms with Crippen LogP contribution in [0.5, 0.6) is 5.75 Å². The third-order valence-corrected chi connectivity index (χ3v) is 7.02. The van der Waals surface area contributed by atoms with Gasteiger partial charge < -0.3 is 15.4 Å². The lowest BCUT2D eigenvalue weighted by Gasteiger charge is -2.32. The number of ether oxygens (including phenoxy) is 1. The number of sulfonamides is 1. The molecule has 2 N–H and O–H groups in total. The molecule has 0 aromatic heterocycles. The summed E-state index contributed by atoms with van der Waals surface area (Å²) >= 11 is 0. The first kappa shape index (κ1) is 27.0. The number of para-hydroxylation sites is 1. The third-order valence-electron chi connectivity index (χ3n) is 4.95. The summed E-state index contributed by atoms with van der Waals surface area (Å²) < 4.78 is 32.1. The van der Waals surface area contributed by atoms with E-state index < -0.39 is 10.0 Å². The van der Waals surface area contributed by atoms with E-state index in [2.05, 4.69) is 17.6 Å². The number of nitrogens with zero attached hydrogens (tertiary/aromatic N) is 2. The average Bonchev–Trinajstić information content (AvgIpc) is 2.72. The van der Waals surface area contributed by atoms with Crippen LogP contribution in [-0.2, 0) is 10.0 Å². The summed E-state index contributed by atoms with van der Waals surface area (Å²) in [6, 6.07) is 10.0. The molecular weight excluding hydrogens is 515 g/mol. The maximum atomic E-state index is 12.2. The van der Waals surface area contributed by atoms with Crippen LogP contribution in [-0.4, -0.2) is 62.8 Å². The molecule has 0 bridgehead atoms. The lowest BCUT2D eigenvalue weighted by atomic mass is 10.1. The van der Waals surface area contributed by atoms with Crippen molar-refractivity contribution >= 4 is 40.0 Å². The summed E-state index contributed by atoms with van der Waals surface area (Å²) in [5.41, 5.74) is 0. The molecule has 0 radical (unpaired) electrons. The van der Waals surface area contributed by atoms with Crippen LogP contribution in [0.1, 0.15) is 46.5 Å². The summed E-state index contributed by atoms with van der Waals surface area (Å²) in [7, 11) is -3.11. The van der Waals surface area contributed by atoms with Crippen LogP contribution in [0, 0.1) is 0 Å². The Balaban J connectivity index is 0.00000450. The highest BCUT2D eigenvalue weighted by Gasteiger charge is 2.27. The van der Waals surface area contributed by atoms with Crippen molar-refractivity contribution in [2.75, 3.05) is 31.9 Å². The van der Waals surface area contributed by atoms with Gasteiger partial charge in [0.15, 0.2) is 5.96 Å². The molecule has 2 rings (SSSR count). The lowest BCUT2D eigenvalue weighted by Crippen LogP contribution is -2.50. The highest BCUT2D eigenvalue weighted by Crippen LogP contribution is 2.15. The molecule has 9 heteroatoms. The highest BCUT2D eigenvalue weighted by atomic mass is 127. The normalized spacial score (nSPS) is 17.1. The average molecular weight is 553 g/mol. The minimum atomic E-state index is -3.11. The van der Waals surface area contributed by atoms with E-state index in [-0.39, 0.29) is 41.9 Å². The van der Waals surface area contributed by atoms with Crippen molar-refractivity contribution in [3.63, 3.8) is 0 Å². The summed E-state index contributed by atoms with van der Waals surface area (Å²) in [5, 5.41) is 6.75. The van der Waals surface area contributed by atoms with E-state index in [1.54, 1.807) is 4.31 Å². The zero-order valence-corrected chi connectivity index (χ0v) is 21.5. The largest absolute Gasteiger partial charge is 0.489 e. The van der Waals surface area contributed by atoms with Gasteiger partial charge in [-0.2, -0.15) is 0 Å². The van der Waals surface area contributed by atoms with E-state index in [4.69, 9.17) is 9.73 Å². The molecule has 0 aliphatic carbocycles. The lowest BCUT2D eigenvalue weighted by molar-refractivity contribution is 0.205. The number of hydrogen-bond acceptors (Lipinski definition) is 4. The molecule has 1 atom stereocenters. The van der Waals surface area contributed by atoms with Gasteiger partial charge in [0, 0.05) is 25.7 Å². The monoisotopic (exact) mass is 552 g/mol. The van der Waals surface area contributed by atoms with Crippen LogP contribution in [0.2, 0.25) is 0 Å². The minimum Gasteiger partial charge on any atom is -0.489 e. The number of aliphatic imine (C=N–C) groups is 1. The van der Waals surface area contributed by atoms with Crippen molar-refractivity contribution < 1.29 is 13.2 Å². The molecule has 1 unspecified atom stereocenters. The Morgan fingerprint density at radius 1 is 1.20 bits per heavy atom. The van der Waals surface area contributed by atoms with Crippen molar-refractivity contribution in [1.82, 2.24) is 14.9 Å². The molecular formula is C21H37IN4O3S. The van der Waals surface area contributed by atoms with Crippen LogP contribution in [0.25, 0.3) is 0 Å². The number of halogens is 1. The van der Waals surface area contributed by atoms with E-state index in [9.17, 15) is 8.42 Å². The van der Waals surface area contributed by atoms with Crippen LogP contribution < -0.4 is 15.4 Å². The number of nitrogens with one attached hydrogen (secondary N) is 2. The topological polar surface area (TPSA) is 83.0 Å². The van der Waals surface area contributed by atoms with Crippen LogP contribution in [0.4, 0.5) is 0 Å². The van der Waals surface area contributed by atoms with Gasteiger partial charge in [-0.15, -0.1) is 24.0 Å². The molecule has 1 fully saturated rings. The van der Waals surface area contributed by atoms with Gasteiger partial charge in [-0.05, 0) is 44.7 Å². The first-order chi connectivity index (χ1) is 14.0. The molecule has 1 aromatic carbocycles. The van der Waals surface area contributed by atoms with Crippen molar-refractivity contribution in [2.45, 2.75) is 58.6 Å². The first-order valence-electron chi connectivity index (χ1n) is 10.7. The Kier molecular flexibility index (Phi) is 12.7. The second-order valence-electron chi connectivity index (χ2n) is 7.31. The number of guanidine groups is 1. The van der Waals surface area contributed by atoms with E-state index in [1.165, 1.54) is 0 Å². The summed E-state index contributed by atoms with van der Waals surface area (Å²) in [6.07, 6.45) is 3.09. The second-order valence-corrected chi connectivity index (χ2v) is 9.40. The van der Waals surface area contributed by atoms with Gasteiger partial charge in [-0.25, -0.2) is 17.7 Å². The van der Waals surface area contributed by atoms with Gasteiger partial charge in [0.2, 0.25) is 10.0 Å². The standard InChI is InChI=1S/C21H36N4O3S.HI/c1-4-16-29(26,27)25-14-12-18(13-15-25)24-21(22-6-3)23-17-19(5-2)28-20-10-8-7-9-11-20;/h7-11,18-19H,4-6,12-17H2,1-3H3,(H2,22,23,24);1H. The van der Waals surface area contributed by atoms with E-state index >= 15 is 0 Å². The zero-order valence-electron chi connectivity index (χ0n) is 18.3. The van der Waals surface area contributed by atoms with Gasteiger partial charge in [-0.3, -0.25) is 0 Å². The van der Waals surface area contributed by atoms with E-state index in [1.807, 2.05) is 44.2 Å². The van der Waals surface area contributed by atoms with Crippen molar-refractivity contribution in [1.29, 1.82) is 0 Å². The molecule has 1 aliphatic heterocycles. The fraction of sp³-hybridized carbons (Fsp3) is 0.667. The van der Waals surface area contributed by atoms with Gasteiger partial charge >= 0.3 is 0 Å². The Morgan fingerprint density at radius 2 is 1.87 bits per heavy atom. The van der Waals surface area contributed by atoms with Crippen molar-refractivity contribution in [3.8, 4) is 5.75 Å². The SMILES string of the molecule is CCCS(=O)(=O)N1CCC(NC(=NCC(CC)Oc2ccccc2)NCC)CC1.I. The van der Waals surface area contributed by atoms with Crippen LogP contribution in [0.15, 0.2) is 35.3 Å². The Hall–Kier alpha value is -1.07. The van der Waals surface area contributed by atoms with Gasteiger partial charge in [0.25, 0.3) is 0 Å². The Labute approximate surface area is 199 Å². The fourth-order valence-electron chi connectivity index (χ4n) is 3.31. The Morgan fingerprint density at radius 3 is 2.43 bits per heavy atom. The smallest absolute Gasteiger partial charge is 0.214 e. The first-order valence-corrected chi connectivity index (χ1v) is 12.3. The van der Waals surface area contributed by atoms with Crippen LogP contribution in [0.3, 0.4) is 0 Å². The van der Waals surface area contributed by atoms with Crippen molar-refractivity contribution in [2.24, 2.45) is 4.99 Å². The summed E-state index contributed by atoms with van der Waals surface area (Å²) in [6.45, 7) is 8.49. The predicted molar refractivity (Wildman–Crippen MR) is 134 cm³/mol. The molecule has 7 nitrogen and oxygen atoms in total. The molecule has 0 spiro atoms. The molecule has 0 saturated carbocycles. The van der Waals surface area contributed by atoms with Gasteiger partial charge in [-0.1, -0.05) is 32.0 Å². The molecule has 1 heterocycles. The predicted octanol–water partition coefficient (Wildman–Crippen LogP) is 3.22. The van der Waals surface area contributed by atoms with Gasteiger partial charge in [0.05, 0.1) is 12.3 Å². The third kappa shape index (κ3) is 8.97. The maximum Gasteiger partial charge on any atom is 0.214 e. The van der Waals surface area contributed by atoms with Gasteiger partial charge in [0.1, 0.15) is 11.9 Å². The molecule has 1 aliphatic rings. The number of benzene rings is 1. The number of piperidine rings is 1. The number of rotatable bonds is 10. The molecule has 0 amide bonds. The Bertz CT molecular complexity index is 723. The molecule has 1 saturated heterocycles. The van der Waals surface area contributed by atoms with Crippen LogP contribution >= 0.6 is 24.0 Å². The molecule has 172 valence electrons. The van der Waals surface area contributed by atoms with Crippen molar-refractivity contribution in [3.05, 3.63) is 30.3 Å². The molecule has 30 heavy (non-hydrogen) atoms. The number of hydrogen-bond donors (Lipinski definition) is 2.